The van der Waals surface area contributed by atoms with Crippen LogP contribution < -0.4 is 26.1 Å². The second-order valence-corrected chi connectivity index (χ2v) is 6.97. The smallest absolute Gasteiger partial charge is 0.257 e. The van der Waals surface area contributed by atoms with Gasteiger partial charge in [-0.05, 0) is 48.7 Å². The molecular weight excluding hydrogens is 370 g/mol. The number of nitrogens with one attached hydrogen (secondary N) is 2. The van der Waals surface area contributed by atoms with Gasteiger partial charge >= 0.3 is 0 Å². The van der Waals surface area contributed by atoms with Crippen LogP contribution >= 0.6 is 0 Å². The average molecular weight is 393 g/mol. The van der Waals surface area contributed by atoms with Crippen LogP contribution in [0, 0.1) is 6.92 Å². The summed E-state index contributed by atoms with van der Waals surface area (Å²) < 4.78 is 11.0. The molecule has 4 rings (SSSR count). The number of anilines is 1. The summed E-state index contributed by atoms with van der Waals surface area (Å²) in [4.78, 5) is 24.2. The second-order valence-electron chi connectivity index (χ2n) is 6.97. The van der Waals surface area contributed by atoms with E-state index in [0.29, 0.717) is 29.2 Å². The first-order chi connectivity index (χ1) is 14.0. The molecule has 0 saturated carbocycles. The van der Waals surface area contributed by atoms with Crippen LogP contribution in [-0.4, -0.2) is 29.2 Å². The molecule has 4 N–H and O–H groups in total. The van der Waals surface area contributed by atoms with Gasteiger partial charge in [0, 0.05) is 6.20 Å². The third-order valence-electron chi connectivity index (χ3n) is 5.25. The number of H-pyrrole nitrogens is 1. The minimum atomic E-state index is -0.401. The zero-order valence-corrected chi connectivity index (χ0v) is 16.5. The molecule has 0 aliphatic carbocycles. The first-order valence-corrected chi connectivity index (χ1v) is 9.30. The second kappa shape index (κ2) is 7.56. The van der Waals surface area contributed by atoms with Crippen LogP contribution in [0.25, 0.3) is 0 Å². The molecule has 2 atom stereocenters. The number of aromatic nitrogens is 3. The number of nitrogens with zero attached hydrogens (tertiary/aromatic N) is 2. The van der Waals surface area contributed by atoms with Crippen LogP contribution in [0.3, 0.4) is 0 Å². The number of hydrogen-bond acceptors (Lipinski definition) is 7. The topological polar surface area (TPSA) is 115 Å². The summed E-state index contributed by atoms with van der Waals surface area (Å²) >= 11 is 0. The van der Waals surface area contributed by atoms with Crippen LogP contribution in [-0.2, 0) is 6.42 Å². The number of aromatic amines is 1. The van der Waals surface area contributed by atoms with E-state index < -0.39 is 6.04 Å². The largest absolute Gasteiger partial charge is 0.493 e. The first-order valence-electron chi connectivity index (χ1n) is 9.30. The molecule has 0 saturated heterocycles. The number of fused-ring (bicyclic) bond motifs is 1. The van der Waals surface area contributed by atoms with Gasteiger partial charge in [-0.25, -0.2) is 4.98 Å². The third kappa shape index (κ3) is 3.42. The van der Waals surface area contributed by atoms with Crippen LogP contribution in [0.1, 0.15) is 40.2 Å². The predicted molar refractivity (Wildman–Crippen MR) is 109 cm³/mol. The molecule has 0 fully saturated rings. The van der Waals surface area contributed by atoms with Crippen molar-refractivity contribution in [3.05, 3.63) is 75.0 Å². The van der Waals surface area contributed by atoms with E-state index in [1.54, 1.807) is 27.3 Å². The molecule has 1 aromatic carbocycles. The van der Waals surface area contributed by atoms with Crippen LogP contribution in [0.2, 0.25) is 0 Å². The summed E-state index contributed by atoms with van der Waals surface area (Å²) in [6.07, 6.45) is 2.46. The molecular formula is C21H23N5O3. The van der Waals surface area contributed by atoms with E-state index in [1.165, 1.54) is 0 Å². The van der Waals surface area contributed by atoms with Crippen molar-refractivity contribution in [2.75, 3.05) is 20.0 Å². The van der Waals surface area contributed by atoms with Crippen molar-refractivity contribution in [3.8, 4) is 11.5 Å². The Bertz CT molecular complexity index is 1100. The Labute approximate surface area is 168 Å². The van der Waals surface area contributed by atoms with E-state index in [2.05, 4.69) is 20.3 Å². The van der Waals surface area contributed by atoms with Gasteiger partial charge in [0.15, 0.2) is 11.5 Å². The van der Waals surface area contributed by atoms with E-state index in [9.17, 15) is 4.79 Å². The fourth-order valence-corrected chi connectivity index (χ4v) is 3.92. The van der Waals surface area contributed by atoms with E-state index in [4.69, 9.17) is 15.2 Å². The highest BCUT2D eigenvalue weighted by Gasteiger charge is 2.33. The Balaban J connectivity index is 1.91. The van der Waals surface area contributed by atoms with Gasteiger partial charge in [-0.2, -0.15) is 0 Å². The van der Waals surface area contributed by atoms with Gasteiger partial charge in [-0.15, -0.1) is 0 Å². The normalized spacial score (nSPS) is 18.2. The lowest BCUT2D eigenvalue weighted by Gasteiger charge is -2.34. The lowest BCUT2D eigenvalue weighted by atomic mass is 9.85. The van der Waals surface area contributed by atoms with Gasteiger partial charge in [0.2, 0.25) is 5.95 Å². The maximum atomic E-state index is 12.8. The molecule has 0 spiro atoms. The monoisotopic (exact) mass is 393 g/mol. The highest BCUT2D eigenvalue weighted by atomic mass is 16.5. The molecule has 8 nitrogen and oxygen atoms in total. The number of pyridine rings is 1. The van der Waals surface area contributed by atoms with Crippen LogP contribution in [0.15, 0.2) is 41.3 Å². The summed E-state index contributed by atoms with van der Waals surface area (Å²) in [5.41, 5.74) is 9.44. The van der Waals surface area contributed by atoms with Gasteiger partial charge in [0.05, 0.1) is 43.3 Å². The van der Waals surface area contributed by atoms with E-state index in [-0.39, 0.29) is 17.5 Å². The zero-order chi connectivity index (χ0) is 20.5. The SMILES string of the molecule is COc1cc2c(cc1OC)[C@H](c1c(C)nc(N)[nH]c1=O)N[C@H](c1ccccn1)C2. The first kappa shape index (κ1) is 18.9. The van der Waals surface area contributed by atoms with Crippen LogP contribution in [0.5, 0.6) is 11.5 Å². The zero-order valence-electron chi connectivity index (χ0n) is 16.5. The van der Waals surface area contributed by atoms with Crippen molar-refractivity contribution in [1.82, 2.24) is 20.3 Å². The minimum Gasteiger partial charge on any atom is -0.493 e. The quantitative estimate of drug-likeness (QED) is 0.621. The molecule has 29 heavy (non-hydrogen) atoms. The Morgan fingerprint density at radius 3 is 2.59 bits per heavy atom. The number of rotatable bonds is 4. The number of hydrogen-bond donors (Lipinski definition) is 3. The standard InChI is InChI=1S/C21H23N5O3/c1-11-18(20(27)26-21(22)24-11)19-13-10-17(29-3)16(28-2)9-12(13)8-15(25-19)14-6-4-5-7-23-14/h4-7,9-10,15,19,25H,8H2,1-3H3,(H3,22,24,26,27)/t15-,19+/m0/s1. The van der Waals surface area contributed by atoms with Gasteiger partial charge < -0.3 is 15.2 Å². The molecule has 8 heteroatoms. The molecule has 0 bridgehead atoms. The molecule has 150 valence electrons. The van der Waals surface area contributed by atoms with E-state index >= 15 is 0 Å². The molecule has 3 heterocycles. The van der Waals surface area contributed by atoms with Crippen molar-refractivity contribution in [3.63, 3.8) is 0 Å². The van der Waals surface area contributed by atoms with Gasteiger partial charge in [-0.1, -0.05) is 6.07 Å². The van der Waals surface area contributed by atoms with Crippen molar-refractivity contribution >= 4 is 5.95 Å². The number of methoxy groups -OCH3 is 2. The Morgan fingerprint density at radius 1 is 1.17 bits per heavy atom. The summed E-state index contributed by atoms with van der Waals surface area (Å²) in [5, 5.41) is 3.57. The molecule has 1 aliphatic heterocycles. The predicted octanol–water partition coefficient (Wildman–Crippen LogP) is 2.05. The number of benzene rings is 1. The van der Waals surface area contributed by atoms with Crippen molar-refractivity contribution in [2.45, 2.75) is 25.4 Å². The summed E-state index contributed by atoms with van der Waals surface area (Å²) in [7, 11) is 3.20. The Hall–Kier alpha value is -3.39. The number of aryl methyl sites for hydroxylation is 1. The van der Waals surface area contributed by atoms with Gasteiger partial charge in [-0.3, -0.25) is 20.1 Å². The summed E-state index contributed by atoms with van der Waals surface area (Å²) in [5.74, 6) is 1.35. The summed E-state index contributed by atoms with van der Waals surface area (Å²) in [6, 6.07) is 9.20. The maximum Gasteiger partial charge on any atom is 0.257 e. The van der Waals surface area contributed by atoms with Crippen molar-refractivity contribution in [1.29, 1.82) is 0 Å². The lowest BCUT2D eigenvalue weighted by molar-refractivity contribution is 0.350. The lowest BCUT2D eigenvalue weighted by Crippen LogP contribution is -2.38. The highest BCUT2D eigenvalue weighted by Crippen LogP contribution is 2.40. The van der Waals surface area contributed by atoms with Crippen molar-refractivity contribution in [2.24, 2.45) is 0 Å². The Morgan fingerprint density at radius 2 is 1.93 bits per heavy atom. The molecule has 0 amide bonds. The number of nitrogens with two attached hydrogens (primary N) is 1. The van der Waals surface area contributed by atoms with E-state index in [1.807, 2.05) is 30.3 Å². The molecule has 3 aromatic rings. The van der Waals surface area contributed by atoms with E-state index in [0.717, 1.165) is 16.8 Å². The molecule has 2 aromatic heterocycles. The van der Waals surface area contributed by atoms with Gasteiger partial charge in [0.25, 0.3) is 5.56 Å². The van der Waals surface area contributed by atoms with Crippen LogP contribution in [0.4, 0.5) is 5.95 Å². The van der Waals surface area contributed by atoms with Crippen molar-refractivity contribution < 1.29 is 9.47 Å². The molecule has 1 aliphatic rings. The highest BCUT2D eigenvalue weighted by molar-refractivity contribution is 5.52. The molecule has 0 radical (unpaired) electrons. The Kier molecular flexibility index (Phi) is 4.94. The average Bonchev–Trinajstić information content (AvgIpc) is 2.72. The third-order valence-corrected chi connectivity index (χ3v) is 5.25. The maximum absolute atomic E-state index is 12.8. The fourth-order valence-electron chi connectivity index (χ4n) is 3.92. The number of nitrogen functional groups attached to an aromatic ring is 1. The fraction of sp³-hybridized carbons (Fsp3) is 0.286. The summed E-state index contributed by atoms with van der Waals surface area (Å²) in [6.45, 7) is 1.79. The molecule has 0 unspecified atom stereocenters. The minimum absolute atomic E-state index is 0.0804. The number of ether oxygens (including phenoxy) is 2. The van der Waals surface area contributed by atoms with Gasteiger partial charge in [0.1, 0.15) is 0 Å².